The fourth-order valence-electron chi connectivity index (χ4n) is 0.852. The van der Waals surface area contributed by atoms with Crippen LogP contribution in [-0.2, 0) is 5.41 Å². The normalized spacial score (nSPS) is 12.1. The van der Waals surface area contributed by atoms with Crippen molar-refractivity contribution in [2.24, 2.45) is 0 Å². The van der Waals surface area contributed by atoms with Crippen LogP contribution in [0.2, 0.25) is 0 Å². The molecule has 3 heteroatoms. The van der Waals surface area contributed by atoms with Crippen molar-refractivity contribution in [1.82, 2.24) is 0 Å². The van der Waals surface area contributed by atoms with E-state index in [0.717, 1.165) is 0 Å². The lowest BCUT2D eigenvalue weighted by molar-refractivity contribution is 0.589. The van der Waals surface area contributed by atoms with Crippen molar-refractivity contribution in [2.75, 3.05) is 0 Å². The lowest BCUT2D eigenvalue weighted by Gasteiger charge is -2.17. The Balaban J connectivity index is 3.13. The first-order chi connectivity index (χ1) is 4.91. The van der Waals surface area contributed by atoms with Gasteiger partial charge in [-0.1, -0.05) is 20.8 Å². The molecule has 0 aliphatic carbocycles. The van der Waals surface area contributed by atoms with Gasteiger partial charge in [0.15, 0.2) is 0 Å². The van der Waals surface area contributed by atoms with Crippen molar-refractivity contribution in [3.63, 3.8) is 0 Å². The smallest absolute Gasteiger partial charge is 0.0712 e. The van der Waals surface area contributed by atoms with Crippen LogP contribution in [0.25, 0.3) is 0 Å². The van der Waals surface area contributed by atoms with E-state index >= 15 is 0 Å². The van der Waals surface area contributed by atoms with Crippen LogP contribution in [-0.4, -0.2) is 0 Å². The SMILES string of the molecule is CC(C)(C)c1cc(Br)sc1I. The molecule has 1 rings (SSSR count). The first-order valence-corrected chi connectivity index (χ1v) is 6.05. The molecule has 0 unspecified atom stereocenters. The molecule has 0 nitrogen and oxygen atoms in total. The molecule has 0 aliphatic heterocycles. The summed E-state index contributed by atoms with van der Waals surface area (Å²) in [7, 11) is 0. The number of thiophene rings is 1. The minimum Gasteiger partial charge on any atom is -0.122 e. The van der Waals surface area contributed by atoms with E-state index in [1.54, 1.807) is 11.3 Å². The van der Waals surface area contributed by atoms with Gasteiger partial charge in [0.05, 0.1) is 6.67 Å². The van der Waals surface area contributed by atoms with Gasteiger partial charge in [0, 0.05) is 0 Å². The lowest BCUT2D eigenvalue weighted by Crippen LogP contribution is -2.10. The van der Waals surface area contributed by atoms with Crippen LogP contribution in [0.1, 0.15) is 26.3 Å². The average molecular weight is 345 g/mol. The fraction of sp³-hybridized carbons (Fsp3) is 0.500. The van der Waals surface area contributed by atoms with Gasteiger partial charge in [0.2, 0.25) is 0 Å². The molecule has 0 radical (unpaired) electrons. The van der Waals surface area contributed by atoms with Crippen LogP contribution in [0.4, 0.5) is 0 Å². The highest BCUT2D eigenvalue weighted by Gasteiger charge is 2.18. The Morgan fingerprint density at radius 3 is 2.18 bits per heavy atom. The Hall–Kier alpha value is 0.910. The number of hydrogen-bond acceptors (Lipinski definition) is 1. The maximum Gasteiger partial charge on any atom is 0.0712 e. The molecule has 0 saturated heterocycles. The van der Waals surface area contributed by atoms with E-state index in [0.29, 0.717) is 0 Å². The highest BCUT2D eigenvalue weighted by atomic mass is 127. The molecule has 0 aromatic carbocycles. The van der Waals surface area contributed by atoms with Gasteiger partial charge in [-0.2, -0.15) is 0 Å². The van der Waals surface area contributed by atoms with E-state index in [-0.39, 0.29) is 5.41 Å². The summed E-state index contributed by atoms with van der Waals surface area (Å²) in [6.45, 7) is 6.72. The molecule has 0 aliphatic rings. The second-order valence-electron chi connectivity index (χ2n) is 3.49. The zero-order chi connectivity index (χ0) is 8.65. The first kappa shape index (κ1) is 9.99. The van der Waals surface area contributed by atoms with E-state index in [4.69, 9.17) is 0 Å². The predicted octanol–water partition coefficient (Wildman–Crippen LogP) is 4.41. The van der Waals surface area contributed by atoms with Gasteiger partial charge in [-0.05, 0) is 55.6 Å². The summed E-state index contributed by atoms with van der Waals surface area (Å²) in [5.41, 5.74) is 1.72. The van der Waals surface area contributed by atoms with Crippen LogP contribution in [0, 0.1) is 2.88 Å². The van der Waals surface area contributed by atoms with E-state index < -0.39 is 0 Å². The number of rotatable bonds is 0. The highest BCUT2D eigenvalue weighted by molar-refractivity contribution is 14.1. The number of halogens is 2. The van der Waals surface area contributed by atoms with Crippen molar-refractivity contribution >= 4 is 49.9 Å². The van der Waals surface area contributed by atoms with E-state index in [9.17, 15) is 0 Å². The van der Waals surface area contributed by atoms with Crippen LogP contribution in [0.3, 0.4) is 0 Å². The molecule has 0 fully saturated rings. The van der Waals surface area contributed by atoms with E-state index in [1.807, 2.05) is 0 Å². The molecule has 0 bridgehead atoms. The Morgan fingerprint density at radius 1 is 1.45 bits per heavy atom. The molecular formula is C8H10BrIS. The monoisotopic (exact) mass is 344 g/mol. The Labute approximate surface area is 93.7 Å². The molecule has 1 aromatic rings. The standard InChI is InChI=1S/C8H10BrIS/c1-8(2,3)5-4-6(9)11-7(5)10/h4H,1-3H3. The molecule has 11 heavy (non-hydrogen) atoms. The highest BCUT2D eigenvalue weighted by Crippen LogP contribution is 2.35. The molecule has 0 saturated carbocycles. The molecular weight excluding hydrogens is 335 g/mol. The Morgan fingerprint density at radius 2 is 2.00 bits per heavy atom. The number of hydrogen-bond donors (Lipinski definition) is 0. The third kappa shape index (κ3) is 2.42. The van der Waals surface area contributed by atoms with Gasteiger partial charge < -0.3 is 0 Å². The van der Waals surface area contributed by atoms with Crippen molar-refractivity contribution < 1.29 is 0 Å². The van der Waals surface area contributed by atoms with Gasteiger partial charge in [-0.15, -0.1) is 11.3 Å². The summed E-state index contributed by atoms with van der Waals surface area (Å²) < 4.78 is 2.62. The van der Waals surface area contributed by atoms with Crippen molar-refractivity contribution in [3.05, 3.63) is 18.3 Å². The van der Waals surface area contributed by atoms with Crippen molar-refractivity contribution in [2.45, 2.75) is 26.2 Å². The van der Waals surface area contributed by atoms with Gasteiger partial charge in [-0.25, -0.2) is 0 Å². The quantitative estimate of drug-likeness (QED) is 0.611. The predicted molar refractivity (Wildman–Crippen MR) is 63.4 cm³/mol. The minimum atomic E-state index is 0.277. The largest absolute Gasteiger partial charge is 0.122 e. The van der Waals surface area contributed by atoms with Gasteiger partial charge in [0.1, 0.15) is 0 Å². The Kier molecular flexibility index (Phi) is 3.03. The third-order valence-electron chi connectivity index (χ3n) is 1.46. The lowest BCUT2D eigenvalue weighted by atomic mass is 9.90. The Bertz CT molecular complexity index is 260. The van der Waals surface area contributed by atoms with Crippen molar-refractivity contribution in [3.8, 4) is 0 Å². The molecule has 62 valence electrons. The minimum absolute atomic E-state index is 0.277. The summed E-state index contributed by atoms with van der Waals surface area (Å²) in [5, 5.41) is 0. The van der Waals surface area contributed by atoms with Gasteiger partial charge >= 0.3 is 0 Å². The van der Waals surface area contributed by atoms with Gasteiger partial charge in [-0.3, -0.25) is 0 Å². The van der Waals surface area contributed by atoms with Gasteiger partial charge in [0.25, 0.3) is 0 Å². The molecule has 1 aromatic heterocycles. The summed E-state index contributed by atoms with van der Waals surface area (Å²) in [4.78, 5) is 0. The maximum absolute atomic E-state index is 3.49. The zero-order valence-electron chi connectivity index (χ0n) is 6.74. The first-order valence-electron chi connectivity index (χ1n) is 3.36. The third-order valence-corrected chi connectivity index (χ3v) is 4.13. The van der Waals surface area contributed by atoms with E-state index in [1.165, 1.54) is 12.2 Å². The second-order valence-corrected chi connectivity index (χ2v) is 7.73. The van der Waals surface area contributed by atoms with Crippen LogP contribution in [0.15, 0.2) is 9.85 Å². The molecule has 0 amide bonds. The molecule has 0 spiro atoms. The van der Waals surface area contributed by atoms with Crippen LogP contribution < -0.4 is 0 Å². The van der Waals surface area contributed by atoms with Crippen LogP contribution in [0.5, 0.6) is 0 Å². The van der Waals surface area contributed by atoms with Crippen LogP contribution >= 0.6 is 49.9 Å². The van der Waals surface area contributed by atoms with E-state index in [2.05, 4.69) is 65.4 Å². The van der Waals surface area contributed by atoms with Crippen molar-refractivity contribution in [1.29, 1.82) is 0 Å². The molecule has 0 atom stereocenters. The molecule has 0 N–H and O–H groups in total. The average Bonchev–Trinajstić information content (AvgIpc) is 2.08. The second kappa shape index (κ2) is 3.34. The summed E-state index contributed by atoms with van der Waals surface area (Å²) in [6.07, 6.45) is 0. The summed E-state index contributed by atoms with van der Waals surface area (Å²) >= 11 is 7.68. The zero-order valence-corrected chi connectivity index (χ0v) is 11.3. The molecule has 1 heterocycles. The maximum atomic E-state index is 3.49. The topological polar surface area (TPSA) is 0 Å². The summed E-state index contributed by atoms with van der Waals surface area (Å²) in [5.74, 6) is 0. The fourth-order valence-corrected chi connectivity index (χ4v) is 4.97. The summed E-state index contributed by atoms with van der Waals surface area (Å²) in [6, 6.07) is 2.21.